The molecule has 0 radical (unpaired) electrons. The van der Waals surface area contributed by atoms with Crippen LogP contribution in [0.4, 0.5) is 0 Å². The minimum Gasteiger partial charge on any atom is -0.304 e. The summed E-state index contributed by atoms with van der Waals surface area (Å²) in [5, 5.41) is 9.75. The lowest BCUT2D eigenvalue weighted by atomic mass is 10.5. The molecule has 0 aromatic carbocycles. The van der Waals surface area contributed by atoms with Crippen LogP contribution in [0.2, 0.25) is 0 Å². The van der Waals surface area contributed by atoms with Gasteiger partial charge in [0, 0.05) is 13.3 Å². The van der Waals surface area contributed by atoms with Gasteiger partial charge in [-0.25, -0.2) is 0 Å². The Hall–Kier alpha value is -0.120. The highest BCUT2D eigenvalue weighted by Crippen LogP contribution is 1.67. The van der Waals surface area contributed by atoms with Crippen LogP contribution in [-0.4, -0.2) is 26.4 Å². The van der Waals surface area contributed by atoms with E-state index in [1.165, 1.54) is 12.8 Å². The van der Waals surface area contributed by atoms with Crippen LogP contribution < -0.4 is 16.0 Å². The van der Waals surface area contributed by atoms with E-state index in [0.29, 0.717) is 0 Å². The molecule has 0 amide bonds. The Balaban J connectivity index is 2.69. The zero-order valence-electron chi connectivity index (χ0n) is 7.74. The molecule has 0 fully saturated rings. The summed E-state index contributed by atoms with van der Waals surface area (Å²) in [5.74, 6) is 0. The lowest BCUT2D eigenvalue weighted by Crippen LogP contribution is -2.36. The summed E-state index contributed by atoms with van der Waals surface area (Å²) in [6.45, 7) is 8.35. The second kappa shape index (κ2) is 9.88. The summed E-state index contributed by atoms with van der Waals surface area (Å²) in [5.41, 5.74) is 0. The van der Waals surface area contributed by atoms with Gasteiger partial charge in [-0.15, -0.1) is 0 Å². The van der Waals surface area contributed by atoms with Gasteiger partial charge in [0.05, 0.1) is 0 Å². The number of hydrogen-bond donors (Lipinski definition) is 3. The summed E-state index contributed by atoms with van der Waals surface area (Å²) < 4.78 is 0. The highest BCUT2D eigenvalue weighted by molar-refractivity contribution is 4.45. The van der Waals surface area contributed by atoms with Crippen LogP contribution >= 0.6 is 0 Å². The Morgan fingerprint density at radius 2 is 1.18 bits per heavy atom. The number of nitrogens with one attached hydrogen (secondary N) is 3. The molecule has 0 aromatic heterocycles. The predicted molar refractivity (Wildman–Crippen MR) is 49.5 cm³/mol. The zero-order chi connectivity index (χ0) is 8.36. The molecule has 3 heteroatoms. The van der Waals surface area contributed by atoms with Crippen molar-refractivity contribution in [2.75, 3.05) is 26.4 Å². The molecule has 11 heavy (non-hydrogen) atoms. The Labute approximate surface area is 69.9 Å². The van der Waals surface area contributed by atoms with Crippen molar-refractivity contribution < 1.29 is 0 Å². The van der Waals surface area contributed by atoms with Gasteiger partial charge in [-0.05, 0) is 25.9 Å². The van der Waals surface area contributed by atoms with Gasteiger partial charge in [0.15, 0.2) is 0 Å². The fourth-order valence-electron chi connectivity index (χ4n) is 0.770. The van der Waals surface area contributed by atoms with E-state index in [0.717, 1.165) is 26.4 Å². The van der Waals surface area contributed by atoms with E-state index in [4.69, 9.17) is 0 Å². The summed E-state index contributed by atoms with van der Waals surface area (Å²) in [4.78, 5) is 0. The van der Waals surface area contributed by atoms with Crippen molar-refractivity contribution in [1.29, 1.82) is 0 Å². The van der Waals surface area contributed by atoms with Gasteiger partial charge in [0.25, 0.3) is 0 Å². The van der Waals surface area contributed by atoms with Gasteiger partial charge in [0.2, 0.25) is 0 Å². The summed E-state index contributed by atoms with van der Waals surface area (Å²) in [6, 6.07) is 0. The van der Waals surface area contributed by atoms with Crippen molar-refractivity contribution in [1.82, 2.24) is 16.0 Å². The van der Waals surface area contributed by atoms with Gasteiger partial charge < -0.3 is 10.6 Å². The maximum absolute atomic E-state index is 3.26. The minimum absolute atomic E-state index is 0.907. The van der Waals surface area contributed by atoms with Gasteiger partial charge in [-0.2, -0.15) is 0 Å². The molecule has 68 valence electrons. The van der Waals surface area contributed by atoms with E-state index in [-0.39, 0.29) is 0 Å². The van der Waals surface area contributed by atoms with Crippen LogP contribution in [0.5, 0.6) is 0 Å². The van der Waals surface area contributed by atoms with E-state index in [2.05, 4.69) is 29.8 Å². The number of hydrogen-bond acceptors (Lipinski definition) is 3. The molecule has 0 bridgehead atoms. The van der Waals surface area contributed by atoms with E-state index >= 15 is 0 Å². The molecule has 3 N–H and O–H groups in total. The first-order chi connectivity index (χ1) is 5.41. The first-order valence-electron chi connectivity index (χ1n) is 4.54. The third kappa shape index (κ3) is 9.88. The third-order valence-corrected chi connectivity index (χ3v) is 1.35. The molecule has 0 aromatic rings. The van der Waals surface area contributed by atoms with Gasteiger partial charge in [-0.1, -0.05) is 13.8 Å². The monoisotopic (exact) mass is 159 g/mol. The molecule has 0 atom stereocenters. The number of rotatable bonds is 8. The molecule has 0 aliphatic rings. The molecule has 0 spiro atoms. The quantitative estimate of drug-likeness (QED) is 0.356. The Bertz CT molecular complexity index is 58.4. The zero-order valence-corrected chi connectivity index (χ0v) is 7.74. The maximum atomic E-state index is 3.26. The van der Waals surface area contributed by atoms with E-state index in [1.54, 1.807) is 0 Å². The SMILES string of the molecule is CCCNCNCNCCC. The standard InChI is InChI=1S/C8H21N3/c1-3-5-9-7-11-8-10-6-4-2/h9-11H,3-8H2,1-2H3. The van der Waals surface area contributed by atoms with Crippen molar-refractivity contribution in [3.63, 3.8) is 0 Å². The molecule has 0 saturated heterocycles. The second-order valence-electron chi connectivity index (χ2n) is 2.60. The lowest BCUT2D eigenvalue weighted by Gasteiger charge is -2.06. The average molecular weight is 159 g/mol. The summed E-state index contributed by atoms with van der Waals surface area (Å²) >= 11 is 0. The van der Waals surface area contributed by atoms with Crippen LogP contribution in [-0.2, 0) is 0 Å². The molecular weight excluding hydrogens is 138 g/mol. The molecular formula is C8H21N3. The maximum Gasteiger partial charge on any atom is 0.0464 e. The van der Waals surface area contributed by atoms with Crippen molar-refractivity contribution in [2.24, 2.45) is 0 Å². The van der Waals surface area contributed by atoms with Crippen molar-refractivity contribution in [2.45, 2.75) is 26.7 Å². The Kier molecular flexibility index (Phi) is 9.77. The largest absolute Gasteiger partial charge is 0.304 e. The fraction of sp³-hybridized carbons (Fsp3) is 1.00. The average Bonchev–Trinajstić information content (AvgIpc) is 2.03. The van der Waals surface area contributed by atoms with Crippen molar-refractivity contribution in [3.8, 4) is 0 Å². The Morgan fingerprint density at radius 3 is 1.55 bits per heavy atom. The van der Waals surface area contributed by atoms with Crippen molar-refractivity contribution >= 4 is 0 Å². The topological polar surface area (TPSA) is 36.1 Å². The van der Waals surface area contributed by atoms with Gasteiger partial charge in [0.1, 0.15) is 0 Å². The van der Waals surface area contributed by atoms with E-state index < -0.39 is 0 Å². The first-order valence-corrected chi connectivity index (χ1v) is 4.54. The molecule has 0 heterocycles. The van der Waals surface area contributed by atoms with Crippen LogP contribution in [0.25, 0.3) is 0 Å². The molecule has 0 aliphatic carbocycles. The molecule has 3 nitrogen and oxygen atoms in total. The smallest absolute Gasteiger partial charge is 0.0464 e. The fourth-order valence-corrected chi connectivity index (χ4v) is 0.770. The molecule has 0 unspecified atom stereocenters. The molecule has 0 rings (SSSR count). The third-order valence-electron chi connectivity index (χ3n) is 1.35. The van der Waals surface area contributed by atoms with Gasteiger partial charge in [-0.3, -0.25) is 5.32 Å². The lowest BCUT2D eigenvalue weighted by molar-refractivity contribution is 0.531. The van der Waals surface area contributed by atoms with Crippen LogP contribution in [0.15, 0.2) is 0 Å². The molecule has 0 aliphatic heterocycles. The van der Waals surface area contributed by atoms with E-state index in [9.17, 15) is 0 Å². The van der Waals surface area contributed by atoms with Crippen LogP contribution in [0.1, 0.15) is 26.7 Å². The summed E-state index contributed by atoms with van der Waals surface area (Å²) in [6.07, 6.45) is 2.40. The Morgan fingerprint density at radius 1 is 0.727 bits per heavy atom. The van der Waals surface area contributed by atoms with Crippen molar-refractivity contribution in [3.05, 3.63) is 0 Å². The highest BCUT2D eigenvalue weighted by atomic mass is 15.1. The second-order valence-corrected chi connectivity index (χ2v) is 2.60. The predicted octanol–water partition coefficient (Wildman–Crippen LogP) is 0.490. The van der Waals surface area contributed by atoms with Crippen LogP contribution in [0.3, 0.4) is 0 Å². The summed E-state index contributed by atoms with van der Waals surface area (Å²) in [7, 11) is 0. The first kappa shape index (κ1) is 10.9. The van der Waals surface area contributed by atoms with E-state index in [1.807, 2.05) is 0 Å². The highest BCUT2D eigenvalue weighted by Gasteiger charge is 1.83. The normalized spacial score (nSPS) is 10.4. The molecule has 0 saturated carbocycles. The van der Waals surface area contributed by atoms with Gasteiger partial charge >= 0.3 is 0 Å². The van der Waals surface area contributed by atoms with Crippen LogP contribution in [0, 0.1) is 0 Å². The minimum atomic E-state index is 0.907.